The van der Waals surface area contributed by atoms with E-state index >= 15 is 0 Å². The molecule has 0 bridgehead atoms. The number of carbonyl (C=O) groups excluding carboxylic acids is 1. The molecular weight excluding hydrogens is 228 g/mol. The molecule has 0 unspecified atom stereocenters. The van der Waals surface area contributed by atoms with Crippen LogP contribution >= 0.6 is 0 Å². The van der Waals surface area contributed by atoms with E-state index in [-0.39, 0.29) is 11.4 Å². The normalized spacial score (nSPS) is 10.3. The zero-order chi connectivity index (χ0) is 12.4. The van der Waals surface area contributed by atoms with E-state index in [9.17, 15) is 13.6 Å². The van der Waals surface area contributed by atoms with Crippen LogP contribution in [0.3, 0.4) is 0 Å². The Morgan fingerprint density at radius 2 is 2.06 bits per heavy atom. The lowest BCUT2D eigenvalue weighted by Gasteiger charge is -2.05. The Morgan fingerprint density at radius 1 is 1.29 bits per heavy atom. The Hall–Kier alpha value is -2.17. The molecule has 5 heteroatoms. The number of nitrogens with one attached hydrogen (secondary N) is 1. The van der Waals surface area contributed by atoms with Crippen LogP contribution in [0.25, 0.3) is 0 Å². The number of anilines is 1. The summed E-state index contributed by atoms with van der Waals surface area (Å²) in [7, 11) is 0. The summed E-state index contributed by atoms with van der Waals surface area (Å²) in [5.41, 5.74) is 0.553. The highest BCUT2D eigenvalue weighted by atomic mass is 19.1. The van der Waals surface area contributed by atoms with E-state index in [1.165, 1.54) is 6.26 Å². The standard InChI is InChI=1S/C12H9F2NO2/c1-7-4-5-17-11(7)12(16)15-10-3-2-8(13)6-9(10)14/h2-6H,1H3,(H,15,16). The second kappa shape index (κ2) is 4.37. The van der Waals surface area contributed by atoms with E-state index in [0.29, 0.717) is 11.6 Å². The van der Waals surface area contributed by atoms with Crippen LogP contribution in [-0.2, 0) is 0 Å². The van der Waals surface area contributed by atoms with Gasteiger partial charge in [-0.2, -0.15) is 0 Å². The van der Waals surface area contributed by atoms with Crippen LogP contribution in [0, 0.1) is 18.6 Å². The van der Waals surface area contributed by atoms with Gasteiger partial charge in [-0.15, -0.1) is 0 Å². The SMILES string of the molecule is Cc1ccoc1C(=O)Nc1ccc(F)cc1F. The molecular formula is C12H9F2NO2. The van der Waals surface area contributed by atoms with Crippen LogP contribution < -0.4 is 5.32 Å². The summed E-state index contributed by atoms with van der Waals surface area (Å²) in [5.74, 6) is -2.00. The summed E-state index contributed by atoms with van der Waals surface area (Å²) in [5, 5.41) is 2.31. The number of halogens is 2. The van der Waals surface area contributed by atoms with E-state index in [0.717, 1.165) is 12.1 Å². The molecule has 0 fully saturated rings. The van der Waals surface area contributed by atoms with Crippen molar-refractivity contribution in [2.45, 2.75) is 6.92 Å². The number of rotatable bonds is 2. The zero-order valence-corrected chi connectivity index (χ0v) is 8.96. The lowest BCUT2D eigenvalue weighted by molar-refractivity contribution is 0.0995. The molecule has 17 heavy (non-hydrogen) atoms. The van der Waals surface area contributed by atoms with Crippen molar-refractivity contribution < 1.29 is 18.0 Å². The first-order chi connectivity index (χ1) is 8.08. The van der Waals surface area contributed by atoms with Crippen LogP contribution in [0.2, 0.25) is 0 Å². The number of amides is 1. The predicted octanol–water partition coefficient (Wildman–Crippen LogP) is 3.12. The first-order valence-electron chi connectivity index (χ1n) is 4.88. The molecule has 1 aromatic heterocycles. The van der Waals surface area contributed by atoms with E-state index in [1.54, 1.807) is 13.0 Å². The Bertz CT molecular complexity index is 563. The Morgan fingerprint density at radius 3 is 2.65 bits per heavy atom. The molecule has 0 saturated carbocycles. The first kappa shape index (κ1) is 11.3. The van der Waals surface area contributed by atoms with Crippen molar-refractivity contribution in [1.82, 2.24) is 0 Å². The minimum atomic E-state index is -0.831. The van der Waals surface area contributed by atoms with Crippen LogP contribution in [0.4, 0.5) is 14.5 Å². The van der Waals surface area contributed by atoms with E-state index in [2.05, 4.69) is 5.32 Å². The van der Waals surface area contributed by atoms with Gasteiger partial charge in [0.15, 0.2) is 5.76 Å². The molecule has 88 valence electrons. The average molecular weight is 237 g/mol. The molecule has 1 N–H and O–H groups in total. The van der Waals surface area contributed by atoms with E-state index in [1.807, 2.05) is 0 Å². The Balaban J connectivity index is 2.22. The molecule has 0 aliphatic rings. The van der Waals surface area contributed by atoms with Crippen molar-refractivity contribution in [1.29, 1.82) is 0 Å². The highest BCUT2D eigenvalue weighted by Gasteiger charge is 2.14. The Labute approximate surface area is 96.1 Å². The molecule has 1 amide bonds. The van der Waals surface area contributed by atoms with Gasteiger partial charge in [-0.1, -0.05) is 0 Å². The van der Waals surface area contributed by atoms with Gasteiger partial charge in [0.05, 0.1) is 12.0 Å². The van der Waals surface area contributed by atoms with Crippen molar-refractivity contribution in [3.63, 3.8) is 0 Å². The summed E-state index contributed by atoms with van der Waals surface area (Å²) in [6.07, 6.45) is 1.37. The summed E-state index contributed by atoms with van der Waals surface area (Å²) >= 11 is 0. The van der Waals surface area contributed by atoms with Gasteiger partial charge in [0.25, 0.3) is 5.91 Å². The summed E-state index contributed by atoms with van der Waals surface area (Å²) in [6.45, 7) is 1.69. The zero-order valence-electron chi connectivity index (χ0n) is 8.96. The fourth-order valence-corrected chi connectivity index (χ4v) is 1.38. The molecule has 0 saturated heterocycles. The lowest BCUT2D eigenvalue weighted by atomic mass is 10.2. The minimum Gasteiger partial charge on any atom is -0.459 e. The van der Waals surface area contributed by atoms with Crippen LogP contribution in [-0.4, -0.2) is 5.91 Å². The van der Waals surface area contributed by atoms with Gasteiger partial charge in [-0.05, 0) is 25.1 Å². The third-order valence-electron chi connectivity index (χ3n) is 2.25. The van der Waals surface area contributed by atoms with Crippen molar-refractivity contribution in [2.75, 3.05) is 5.32 Å². The third kappa shape index (κ3) is 2.33. The molecule has 0 spiro atoms. The van der Waals surface area contributed by atoms with Crippen LogP contribution in [0.1, 0.15) is 16.1 Å². The summed E-state index contributed by atoms with van der Waals surface area (Å²) in [6, 6.07) is 4.54. The summed E-state index contributed by atoms with van der Waals surface area (Å²) < 4.78 is 30.9. The number of carbonyl (C=O) groups is 1. The molecule has 0 aliphatic heterocycles. The number of hydrogen-bond donors (Lipinski definition) is 1. The van der Waals surface area contributed by atoms with Gasteiger partial charge in [0.1, 0.15) is 11.6 Å². The summed E-state index contributed by atoms with van der Waals surface area (Å²) in [4.78, 5) is 11.7. The topological polar surface area (TPSA) is 42.2 Å². The van der Waals surface area contributed by atoms with Crippen LogP contribution in [0.5, 0.6) is 0 Å². The number of aryl methyl sites for hydroxylation is 1. The average Bonchev–Trinajstić information content (AvgIpc) is 2.68. The van der Waals surface area contributed by atoms with Gasteiger partial charge in [0, 0.05) is 11.6 Å². The van der Waals surface area contributed by atoms with Crippen molar-refractivity contribution in [3.05, 3.63) is 53.5 Å². The van der Waals surface area contributed by atoms with Gasteiger partial charge in [0.2, 0.25) is 0 Å². The lowest BCUT2D eigenvalue weighted by Crippen LogP contribution is -2.13. The molecule has 2 aromatic rings. The van der Waals surface area contributed by atoms with Crippen molar-refractivity contribution >= 4 is 11.6 Å². The maximum Gasteiger partial charge on any atom is 0.291 e. The van der Waals surface area contributed by atoms with Gasteiger partial charge < -0.3 is 9.73 Å². The first-order valence-corrected chi connectivity index (χ1v) is 4.88. The molecule has 0 atom stereocenters. The monoisotopic (exact) mass is 237 g/mol. The largest absolute Gasteiger partial charge is 0.459 e. The fourth-order valence-electron chi connectivity index (χ4n) is 1.38. The molecule has 3 nitrogen and oxygen atoms in total. The maximum absolute atomic E-state index is 13.3. The minimum absolute atomic E-state index is 0.0906. The predicted molar refractivity (Wildman–Crippen MR) is 57.8 cm³/mol. The van der Waals surface area contributed by atoms with Gasteiger partial charge >= 0.3 is 0 Å². The number of hydrogen-bond acceptors (Lipinski definition) is 2. The smallest absolute Gasteiger partial charge is 0.291 e. The molecule has 1 aromatic carbocycles. The van der Waals surface area contributed by atoms with E-state index in [4.69, 9.17) is 4.42 Å². The van der Waals surface area contributed by atoms with Crippen molar-refractivity contribution in [2.24, 2.45) is 0 Å². The maximum atomic E-state index is 13.3. The fraction of sp³-hybridized carbons (Fsp3) is 0.0833. The molecule has 2 rings (SSSR count). The van der Waals surface area contributed by atoms with Gasteiger partial charge in [-0.25, -0.2) is 8.78 Å². The highest BCUT2D eigenvalue weighted by Crippen LogP contribution is 2.17. The second-order valence-electron chi connectivity index (χ2n) is 3.51. The Kier molecular flexibility index (Phi) is 2.91. The third-order valence-corrected chi connectivity index (χ3v) is 2.25. The second-order valence-corrected chi connectivity index (χ2v) is 3.51. The molecule has 0 radical (unpaired) electrons. The van der Waals surface area contributed by atoms with Crippen LogP contribution in [0.15, 0.2) is 34.9 Å². The van der Waals surface area contributed by atoms with Crippen molar-refractivity contribution in [3.8, 4) is 0 Å². The highest BCUT2D eigenvalue weighted by molar-refractivity contribution is 6.03. The quantitative estimate of drug-likeness (QED) is 0.871. The molecule has 0 aliphatic carbocycles. The number of furan rings is 1. The van der Waals surface area contributed by atoms with E-state index < -0.39 is 17.5 Å². The number of benzene rings is 1. The van der Waals surface area contributed by atoms with Gasteiger partial charge in [-0.3, -0.25) is 4.79 Å². The molecule has 1 heterocycles.